The Hall–Kier alpha value is -3.82. The van der Waals surface area contributed by atoms with Crippen LogP contribution in [0.1, 0.15) is 41.3 Å². The zero-order valence-corrected chi connectivity index (χ0v) is 19.2. The fourth-order valence-corrected chi connectivity index (χ4v) is 4.66. The monoisotopic (exact) mass is 463 g/mol. The molecule has 1 aromatic carbocycles. The minimum Gasteiger partial charge on any atom is -0.493 e. The molecule has 0 spiro atoms. The molecule has 0 radical (unpaired) electrons. The van der Waals surface area contributed by atoms with Gasteiger partial charge in [0.05, 0.1) is 29.4 Å². The normalized spacial score (nSPS) is 15.7. The Kier molecular flexibility index (Phi) is 5.95. The Morgan fingerprint density at radius 2 is 2.06 bits per heavy atom. The van der Waals surface area contributed by atoms with Gasteiger partial charge in [0.2, 0.25) is 0 Å². The molecule has 5 rings (SSSR count). The van der Waals surface area contributed by atoms with Crippen molar-refractivity contribution in [1.82, 2.24) is 25.0 Å². The Morgan fingerprint density at radius 1 is 1.24 bits per heavy atom. The maximum absolute atomic E-state index is 13.3. The van der Waals surface area contributed by atoms with E-state index in [0.29, 0.717) is 38.3 Å². The molecule has 10 nitrogen and oxygen atoms in total. The van der Waals surface area contributed by atoms with Crippen molar-refractivity contribution in [3.8, 4) is 5.75 Å². The number of nitrogens with one attached hydrogen (secondary N) is 2. The van der Waals surface area contributed by atoms with Gasteiger partial charge in [-0.1, -0.05) is 12.1 Å². The van der Waals surface area contributed by atoms with E-state index in [0.717, 1.165) is 47.3 Å². The van der Waals surface area contributed by atoms with Crippen LogP contribution in [-0.2, 0) is 19.5 Å². The highest BCUT2D eigenvalue weighted by Gasteiger charge is 2.25. The number of urea groups is 1. The number of rotatable bonds is 6. The third-order valence-electron chi connectivity index (χ3n) is 6.57. The third-order valence-corrected chi connectivity index (χ3v) is 6.57. The number of benzene rings is 1. The molecule has 178 valence electrons. The van der Waals surface area contributed by atoms with Crippen molar-refractivity contribution in [3.63, 3.8) is 0 Å². The molecule has 0 saturated carbocycles. The maximum Gasteiger partial charge on any atom is 0.314 e. The van der Waals surface area contributed by atoms with Crippen molar-refractivity contribution in [2.75, 3.05) is 25.0 Å². The number of primary amides is 1. The second-order valence-electron chi connectivity index (χ2n) is 8.71. The second kappa shape index (κ2) is 9.20. The lowest BCUT2D eigenvalue weighted by atomic mass is 10.0. The Morgan fingerprint density at radius 3 is 2.82 bits per heavy atom. The highest BCUT2D eigenvalue weighted by atomic mass is 16.5. The summed E-state index contributed by atoms with van der Waals surface area (Å²) in [6.45, 7) is 4.96. The maximum atomic E-state index is 13.3. The van der Waals surface area contributed by atoms with Gasteiger partial charge in [-0.3, -0.25) is 4.79 Å². The number of likely N-dealkylation sites (tertiary alicyclic amines) is 1. The van der Waals surface area contributed by atoms with Crippen molar-refractivity contribution >= 4 is 28.7 Å². The molecule has 4 N–H and O–H groups in total. The van der Waals surface area contributed by atoms with Crippen molar-refractivity contribution in [3.05, 3.63) is 47.3 Å². The lowest BCUT2D eigenvalue weighted by molar-refractivity contribution is 0.0951. The van der Waals surface area contributed by atoms with E-state index in [-0.39, 0.29) is 11.9 Å². The Labute approximate surface area is 197 Å². The molecule has 1 fully saturated rings. The van der Waals surface area contributed by atoms with Crippen LogP contribution in [0.25, 0.3) is 11.0 Å². The number of ether oxygens (including phenoxy) is 1. The van der Waals surface area contributed by atoms with E-state index in [4.69, 9.17) is 10.5 Å². The summed E-state index contributed by atoms with van der Waals surface area (Å²) in [4.78, 5) is 30.9. The molecule has 3 aromatic rings. The summed E-state index contributed by atoms with van der Waals surface area (Å²) in [5, 5.41) is 11.8. The van der Waals surface area contributed by atoms with Crippen LogP contribution in [0.2, 0.25) is 0 Å². The molecule has 2 aromatic heterocycles. The summed E-state index contributed by atoms with van der Waals surface area (Å²) < 4.78 is 7.38. The van der Waals surface area contributed by atoms with Gasteiger partial charge in [-0.05, 0) is 37.0 Å². The van der Waals surface area contributed by atoms with E-state index in [9.17, 15) is 9.59 Å². The molecule has 4 heterocycles. The Bertz CT molecular complexity index is 1230. The van der Waals surface area contributed by atoms with Gasteiger partial charge in [-0.25, -0.2) is 14.5 Å². The van der Waals surface area contributed by atoms with E-state index in [1.165, 1.54) is 5.56 Å². The van der Waals surface area contributed by atoms with E-state index in [2.05, 4.69) is 26.8 Å². The van der Waals surface area contributed by atoms with Crippen LogP contribution < -0.4 is 21.1 Å². The first kappa shape index (κ1) is 22.0. The summed E-state index contributed by atoms with van der Waals surface area (Å²) in [7, 11) is 0. The quantitative estimate of drug-likeness (QED) is 0.515. The number of hydrogen-bond donors (Lipinski definition) is 3. The fourth-order valence-electron chi connectivity index (χ4n) is 4.66. The highest BCUT2D eigenvalue weighted by molar-refractivity contribution is 6.06. The number of nitrogens with zero attached hydrogens (tertiary/aromatic N) is 4. The molecular formula is C24H29N7O3. The topological polar surface area (TPSA) is 127 Å². The minimum atomic E-state index is -0.396. The van der Waals surface area contributed by atoms with Crippen LogP contribution in [0, 0.1) is 0 Å². The van der Waals surface area contributed by atoms with Crippen molar-refractivity contribution in [1.29, 1.82) is 0 Å². The van der Waals surface area contributed by atoms with Crippen LogP contribution in [0.5, 0.6) is 5.75 Å². The van der Waals surface area contributed by atoms with Gasteiger partial charge in [-0.15, -0.1) is 0 Å². The summed E-state index contributed by atoms with van der Waals surface area (Å²) in [5.41, 5.74) is 9.55. The van der Waals surface area contributed by atoms with E-state index >= 15 is 0 Å². The smallest absolute Gasteiger partial charge is 0.314 e. The molecule has 2 aliphatic heterocycles. The van der Waals surface area contributed by atoms with Gasteiger partial charge in [-0.2, -0.15) is 5.10 Å². The third kappa shape index (κ3) is 4.23. The fraction of sp³-hybridized carbons (Fsp3) is 0.417. The summed E-state index contributed by atoms with van der Waals surface area (Å²) in [6, 6.07) is 5.73. The number of piperidine rings is 1. The first-order chi connectivity index (χ1) is 16.5. The van der Waals surface area contributed by atoms with Crippen LogP contribution in [0.4, 0.5) is 10.5 Å². The van der Waals surface area contributed by atoms with Crippen LogP contribution >= 0.6 is 0 Å². The van der Waals surface area contributed by atoms with Crippen LogP contribution in [-0.4, -0.2) is 57.3 Å². The number of aryl methyl sites for hydroxylation is 1. The number of carbonyl (C=O) groups is 2. The largest absolute Gasteiger partial charge is 0.493 e. The number of aromatic nitrogens is 3. The predicted octanol–water partition coefficient (Wildman–Crippen LogP) is 2.27. The average molecular weight is 464 g/mol. The van der Waals surface area contributed by atoms with Gasteiger partial charge in [0.15, 0.2) is 5.65 Å². The lowest BCUT2D eigenvalue weighted by Gasteiger charge is -2.32. The second-order valence-corrected chi connectivity index (χ2v) is 8.71. The lowest BCUT2D eigenvalue weighted by Crippen LogP contribution is -2.44. The molecule has 10 heteroatoms. The molecular weight excluding hydrogens is 434 g/mol. The number of nitrogens with two attached hydrogens (primary N) is 1. The summed E-state index contributed by atoms with van der Waals surface area (Å²) >= 11 is 0. The zero-order valence-electron chi connectivity index (χ0n) is 19.2. The van der Waals surface area contributed by atoms with Gasteiger partial charge in [0.25, 0.3) is 5.91 Å². The summed E-state index contributed by atoms with van der Waals surface area (Å²) in [6.07, 6.45) is 5.74. The number of amides is 3. The van der Waals surface area contributed by atoms with E-state index in [1.54, 1.807) is 17.3 Å². The Balaban J connectivity index is 1.37. The van der Waals surface area contributed by atoms with E-state index < -0.39 is 6.03 Å². The molecule has 0 aliphatic carbocycles. The SMILES string of the molecule is CCn1ncc2c(NC3CCN(C(N)=O)CC3)c(C(=O)NCc3ccc4c(c3)CCO4)cnc21. The number of carbonyl (C=O) groups excluding carboxylic acids is 2. The van der Waals surface area contributed by atoms with Gasteiger partial charge in [0, 0.05) is 44.8 Å². The standard InChI is InChI=1S/C24H29N7O3/c1-2-31-22-18(14-28-31)21(29-17-5-8-30(9-6-17)24(25)33)19(13-26-22)23(32)27-12-15-3-4-20-16(11-15)7-10-34-20/h3-4,11,13-14,17H,2,5-10,12H2,1H3,(H2,25,33)(H,26,29)(H,27,32). The average Bonchev–Trinajstić information content (AvgIpc) is 3.49. The number of fused-ring (bicyclic) bond motifs is 2. The van der Waals surface area contributed by atoms with Crippen LogP contribution in [0.3, 0.4) is 0 Å². The first-order valence-electron chi connectivity index (χ1n) is 11.7. The summed E-state index contributed by atoms with van der Waals surface area (Å²) in [5.74, 6) is 0.721. The molecule has 1 saturated heterocycles. The van der Waals surface area contributed by atoms with Gasteiger partial charge in [0.1, 0.15) is 5.75 Å². The highest BCUT2D eigenvalue weighted by Crippen LogP contribution is 2.29. The van der Waals surface area contributed by atoms with Crippen molar-refractivity contribution in [2.24, 2.45) is 5.73 Å². The molecule has 2 aliphatic rings. The zero-order chi connectivity index (χ0) is 23.7. The van der Waals surface area contributed by atoms with Gasteiger partial charge < -0.3 is 26.0 Å². The molecule has 0 unspecified atom stereocenters. The number of pyridine rings is 1. The van der Waals surface area contributed by atoms with Crippen molar-refractivity contribution < 1.29 is 14.3 Å². The van der Waals surface area contributed by atoms with Gasteiger partial charge >= 0.3 is 6.03 Å². The number of hydrogen-bond acceptors (Lipinski definition) is 6. The number of anilines is 1. The molecule has 0 bridgehead atoms. The first-order valence-corrected chi connectivity index (χ1v) is 11.7. The van der Waals surface area contributed by atoms with Crippen molar-refractivity contribution in [2.45, 2.75) is 45.3 Å². The minimum absolute atomic E-state index is 0.106. The molecule has 3 amide bonds. The van der Waals surface area contributed by atoms with Crippen LogP contribution in [0.15, 0.2) is 30.6 Å². The molecule has 0 atom stereocenters. The molecule has 34 heavy (non-hydrogen) atoms. The predicted molar refractivity (Wildman–Crippen MR) is 128 cm³/mol. The van der Waals surface area contributed by atoms with E-state index in [1.807, 2.05) is 23.7 Å².